The first-order valence-corrected chi connectivity index (χ1v) is 3.68. The van der Waals surface area contributed by atoms with Gasteiger partial charge < -0.3 is 24.8 Å². The van der Waals surface area contributed by atoms with Crippen molar-refractivity contribution in [2.24, 2.45) is 0 Å². The molecule has 0 spiro atoms. The molecule has 0 nitrogen and oxygen atoms in total. The van der Waals surface area contributed by atoms with Crippen LogP contribution in [0.2, 0.25) is 0 Å². The van der Waals surface area contributed by atoms with E-state index in [-0.39, 0.29) is 51.0 Å². The predicted molar refractivity (Wildman–Crippen MR) is 43.7 cm³/mol. The van der Waals surface area contributed by atoms with Crippen LogP contribution in [0.15, 0.2) is 47.6 Å². The molecule has 0 heterocycles. The Kier molecular flexibility index (Phi) is 9.52. The SMILES string of the molecule is C1=CCC(C2=CC=CC2)=C1.[Cl-].[Cl-].[Zr+2]. The van der Waals surface area contributed by atoms with Crippen molar-refractivity contribution >= 4 is 0 Å². The van der Waals surface area contributed by atoms with Gasteiger partial charge in [-0.3, -0.25) is 0 Å². The molecule has 68 valence electrons. The summed E-state index contributed by atoms with van der Waals surface area (Å²) in [6.45, 7) is 0. The van der Waals surface area contributed by atoms with Crippen molar-refractivity contribution in [3.05, 3.63) is 47.6 Å². The Balaban J connectivity index is 0. The summed E-state index contributed by atoms with van der Waals surface area (Å²) in [6.07, 6.45) is 15.4. The van der Waals surface area contributed by atoms with Crippen LogP contribution in [-0.2, 0) is 26.2 Å². The average Bonchev–Trinajstić information content (AvgIpc) is 2.59. The number of allylic oxidation sites excluding steroid dienone is 8. The zero-order valence-corrected chi connectivity index (χ0v) is 11.1. The van der Waals surface area contributed by atoms with Gasteiger partial charge in [-0.05, 0) is 24.0 Å². The van der Waals surface area contributed by atoms with Gasteiger partial charge in [0, 0.05) is 0 Å². The molecule has 0 aromatic carbocycles. The predicted octanol–water partition coefficient (Wildman–Crippen LogP) is -3.24. The molecule has 2 rings (SSSR count). The first-order valence-electron chi connectivity index (χ1n) is 3.68. The Morgan fingerprint density at radius 3 is 1.38 bits per heavy atom. The molecular weight excluding hydrogens is 282 g/mol. The number of rotatable bonds is 1. The Morgan fingerprint density at radius 1 is 0.769 bits per heavy atom. The Bertz CT molecular complexity index is 234. The molecule has 0 aromatic rings. The molecule has 0 bridgehead atoms. The van der Waals surface area contributed by atoms with Crippen molar-refractivity contribution < 1.29 is 51.0 Å². The molecule has 0 unspecified atom stereocenters. The third kappa shape index (κ3) is 3.98. The Hall–Kier alpha value is 0.423. The van der Waals surface area contributed by atoms with E-state index in [4.69, 9.17) is 0 Å². The van der Waals surface area contributed by atoms with Crippen LogP contribution in [0, 0.1) is 0 Å². The average molecular weight is 292 g/mol. The van der Waals surface area contributed by atoms with Gasteiger partial charge in [-0.2, -0.15) is 0 Å². The van der Waals surface area contributed by atoms with Crippen molar-refractivity contribution in [2.45, 2.75) is 12.8 Å². The van der Waals surface area contributed by atoms with Crippen LogP contribution in [0.4, 0.5) is 0 Å². The molecule has 0 N–H and O–H groups in total. The fourth-order valence-electron chi connectivity index (χ4n) is 1.37. The molecule has 13 heavy (non-hydrogen) atoms. The van der Waals surface area contributed by atoms with Gasteiger partial charge in [-0.25, -0.2) is 0 Å². The topological polar surface area (TPSA) is 0 Å². The molecule has 0 fully saturated rings. The van der Waals surface area contributed by atoms with Crippen molar-refractivity contribution in [3.8, 4) is 0 Å². The van der Waals surface area contributed by atoms with Crippen LogP contribution < -0.4 is 24.8 Å². The van der Waals surface area contributed by atoms with E-state index in [1.54, 1.807) is 0 Å². The zero-order valence-electron chi connectivity index (χ0n) is 7.13. The van der Waals surface area contributed by atoms with E-state index in [0.717, 1.165) is 12.8 Å². The van der Waals surface area contributed by atoms with E-state index >= 15 is 0 Å². The van der Waals surface area contributed by atoms with Gasteiger partial charge in [0.1, 0.15) is 0 Å². The molecule has 0 aromatic heterocycles. The standard InChI is InChI=1S/C10H10.2ClH.Zr/c1-2-6-9(5-1)10-7-3-4-8-10;;;/h1-5,7H,6,8H2;2*1H;/q;;;+2/p-2. The minimum absolute atomic E-state index is 0. The van der Waals surface area contributed by atoms with Crippen LogP contribution >= 0.6 is 0 Å². The maximum absolute atomic E-state index is 2.21. The minimum atomic E-state index is 0. The molecule has 2 aliphatic carbocycles. The molecule has 0 radical (unpaired) electrons. The maximum Gasteiger partial charge on any atom is 2.00 e. The molecule has 0 atom stereocenters. The summed E-state index contributed by atoms with van der Waals surface area (Å²) < 4.78 is 0. The van der Waals surface area contributed by atoms with Crippen molar-refractivity contribution in [2.75, 3.05) is 0 Å². The molecule has 2 aliphatic rings. The van der Waals surface area contributed by atoms with Crippen molar-refractivity contribution in [3.63, 3.8) is 0 Å². The van der Waals surface area contributed by atoms with E-state index in [1.807, 2.05) is 0 Å². The van der Waals surface area contributed by atoms with Gasteiger partial charge in [0.05, 0.1) is 0 Å². The fourth-order valence-corrected chi connectivity index (χ4v) is 1.37. The third-order valence-corrected chi connectivity index (χ3v) is 1.95. The Morgan fingerprint density at radius 2 is 1.15 bits per heavy atom. The summed E-state index contributed by atoms with van der Waals surface area (Å²) in [5.41, 5.74) is 2.98. The third-order valence-electron chi connectivity index (χ3n) is 1.95. The summed E-state index contributed by atoms with van der Waals surface area (Å²) in [5.74, 6) is 0. The summed E-state index contributed by atoms with van der Waals surface area (Å²) in [7, 11) is 0. The Labute approximate surface area is 111 Å². The molecule has 0 saturated carbocycles. The summed E-state index contributed by atoms with van der Waals surface area (Å²) in [6, 6.07) is 0. The largest absolute Gasteiger partial charge is 2.00 e. The second kappa shape index (κ2) is 7.79. The van der Waals surface area contributed by atoms with E-state index in [2.05, 4.69) is 36.5 Å². The molecule has 0 amide bonds. The van der Waals surface area contributed by atoms with Crippen LogP contribution in [0.1, 0.15) is 12.8 Å². The quantitative estimate of drug-likeness (QED) is 0.477. The smallest absolute Gasteiger partial charge is 1.00 e. The fraction of sp³-hybridized carbons (Fsp3) is 0.200. The van der Waals surface area contributed by atoms with Gasteiger partial charge in [0.25, 0.3) is 0 Å². The number of hydrogen-bond donors (Lipinski definition) is 0. The van der Waals surface area contributed by atoms with Crippen molar-refractivity contribution in [1.82, 2.24) is 0 Å². The van der Waals surface area contributed by atoms with Gasteiger partial charge in [0.2, 0.25) is 0 Å². The molecular formula is C10H10Cl2Zr. The second-order valence-corrected chi connectivity index (χ2v) is 2.65. The van der Waals surface area contributed by atoms with E-state index in [1.165, 1.54) is 11.1 Å². The molecule has 3 heteroatoms. The first-order chi connectivity index (χ1) is 4.97. The van der Waals surface area contributed by atoms with E-state index in [9.17, 15) is 0 Å². The van der Waals surface area contributed by atoms with Gasteiger partial charge in [-0.1, -0.05) is 36.5 Å². The second-order valence-electron chi connectivity index (χ2n) is 2.65. The monoisotopic (exact) mass is 290 g/mol. The van der Waals surface area contributed by atoms with Gasteiger partial charge in [-0.15, -0.1) is 0 Å². The summed E-state index contributed by atoms with van der Waals surface area (Å²) in [5, 5.41) is 0. The van der Waals surface area contributed by atoms with E-state index < -0.39 is 0 Å². The van der Waals surface area contributed by atoms with Crippen molar-refractivity contribution in [1.29, 1.82) is 0 Å². The normalized spacial score (nSPS) is 16.6. The first kappa shape index (κ1) is 15.9. The maximum atomic E-state index is 2.21. The summed E-state index contributed by atoms with van der Waals surface area (Å²) in [4.78, 5) is 0. The summed E-state index contributed by atoms with van der Waals surface area (Å²) >= 11 is 0. The zero-order chi connectivity index (χ0) is 6.81. The van der Waals surface area contributed by atoms with Crippen LogP contribution in [0.5, 0.6) is 0 Å². The van der Waals surface area contributed by atoms with Crippen LogP contribution in [0.3, 0.4) is 0 Å². The molecule has 0 saturated heterocycles. The van der Waals surface area contributed by atoms with Gasteiger partial charge >= 0.3 is 26.2 Å². The number of hydrogen-bond acceptors (Lipinski definition) is 0. The van der Waals surface area contributed by atoms with E-state index in [0.29, 0.717) is 0 Å². The van der Waals surface area contributed by atoms with Crippen LogP contribution in [-0.4, -0.2) is 0 Å². The minimum Gasteiger partial charge on any atom is -1.00 e. The van der Waals surface area contributed by atoms with Gasteiger partial charge in [0.15, 0.2) is 0 Å². The van der Waals surface area contributed by atoms with Crippen LogP contribution in [0.25, 0.3) is 0 Å². The molecule has 0 aliphatic heterocycles. The number of halogens is 2.